The standard InChI is InChI=1S/C13H15Br2NO2/c1-18-10-3-2-6-16(8-10)13(17)11-5-4-9(14)7-12(11)15/h4-5,7,10H,2-3,6,8H2,1H3. The summed E-state index contributed by atoms with van der Waals surface area (Å²) < 4.78 is 7.12. The molecule has 0 radical (unpaired) electrons. The van der Waals surface area contributed by atoms with E-state index in [1.54, 1.807) is 7.11 Å². The number of carbonyl (C=O) groups excluding carboxylic acids is 1. The largest absolute Gasteiger partial charge is 0.380 e. The van der Waals surface area contributed by atoms with Crippen molar-refractivity contribution in [2.24, 2.45) is 0 Å². The molecule has 0 saturated carbocycles. The average Bonchev–Trinajstić information content (AvgIpc) is 2.38. The van der Waals surface area contributed by atoms with E-state index in [0.717, 1.165) is 28.3 Å². The molecule has 0 aromatic heterocycles. The molecule has 1 aliphatic rings. The number of benzene rings is 1. The number of hydrogen-bond acceptors (Lipinski definition) is 2. The van der Waals surface area contributed by atoms with Gasteiger partial charge in [0.2, 0.25) is 0 Å². The molecule has 1 unspecified atom stereocenters. The Labute approximate surface area is 124 Å². The van der Waals surface area contributed by atoms with Crippen LogP contribution in [0.1, 0.15) is 23.2 Å². The molecule has 0 spiro atoms. The van der Waals surface area contributed by atoms with Gasteiger partial charge in [-0.05, 0) is 47.0 Å². The number of likely N-dealkylation sites (tertiary alicyclic amines) is 1. The number of nitrogens with zero attached hydrogens (tertiary/aromatic N) is 1. The van der Waals surface area contributed by atoms with Crippen molar-refractivity contribution in [3.05, 3.63) is 32.7 Å². The molecule has 1 aromatic carbocycles. The zero-order chi connectivity index (χ0) is 13.1. The lowest BCUT2D eigenvalue weighted by atomic mass is 10.1. The van der Waals surface area contributed by atoms with E-state index in [2.05, 4.69) is 31.9 Å². The molecular weight excluding hydrogens is 362 g/mol. The van der Waals surface area contributed by atoms with Gasteiger partial charge in [0, 0.05) is 29.1 Å². The first-order valence-electron chi connectivity index (χ1n) is 5.89. The summed E-state index contributed by atoms with van der Waals surface area (Å²) in [5.74, 6) is 0.0659. The Hall–Kier alpha value is -0.390. The number of ether oxygens (including phenoxy) is 1. The Bertz CT molecular complexity index is 451. The van der Waals surface area contributed by atoms with Crippen molar-refractivity contribution in [2.45, 2.75) is 18.9 Å². The molecule has 1 aromatic rings. The molecular formula is C13H15Br2NO2. The van der Waals surface area contributed by atoms with Gasteiger partial charge in [0.15, 0.2) is 0 Å². The SMILES string of the molecule is COC1CCCN(C(=O)c2ccc(Br)cc2Br)C1. The number of rotatable bonds is 2. The minimum absolute atomic E-state index is 0.0659. The molecule has 1 amide bonds. The number of hydrogen-bond donors (Lipinski definition) is 0. The number of methoxy groups -OCH3 is 1. The molecule has 1 aliphatic heterocycles. The summed E-state index contributed by atoms with van der Waals surface area (Å²) >= 11 is 6.83. The number of halogens is 2. The van der Waals surface area contributed by atoms with E-state index in [-0.39, 0.29) is 12.0 Å². The topological polar surface area (TPSA) is 29.5 Å². The van der Waals surface area contributed by atoms with E-state index < -0.39 is 0 Å². The fourth-order valence-corrected chi connectivity index (χ4v) is 3.36. The highest BCUT2D eigenvalue weighted by Crippen LogP contribution is 2.24. The second-order valence-electron chi connectivity index (χ2n) is 4.38. The maximum atomic E-state index is 12.4. The molecule has 1 atom stereocenters. The van der Waals surface area contributed by atoms with Gasteiger partial charge in [-0.1, -0.05) is 15.9 Å². The zero-order valence-corrected chi connectivity index (χ0v) is 13.3. The molecule has 3 nitrogen and oxygen atoms in total. The minimum atomic E-state index is 0.0659. The third-order valence-electron chi connectivity index (χ3n) is 3.16. The van der Waals surface area contributed by atoms with Crippen LogP contribution in [0, 0.1) is 0 Å². The van der Waals surface area contributed by atoms with Crippen LogP contribution in [-0.2, 0) is 4.74 Å². The highest BCUT2D eigenvalue weighted by atomic mass is 79.9. The van der Waals surface area contributed by atoms with Gasteiger partial charge in [-0.25, -0.2) is 0 Å². The molecule has 5 heteroatoms. The summed E-state index contributed by atoms with van der Waals surface area (Å²) in [7, 11) is 1.70. The third kappa shape index (κ3) is 3.13. The van der Waals surface area contributed by atoms with E-state index >= 15 is 0 Å². The predicted molar refractivity (Wildman–Crippen MR) is 77.8 cm³/mol. The average molecular weight is 377 g/mol. The lowest BCUT2D eigenvalue weighted by Gasteiger charge is -2.32. The highest BCUT2D eigenvalue weighted by molar-refractivity contribution is 9.11. The first-order chi connectivity index (χ1) is 8.61. The molecule has 0 bridgehead atoms. The normalized spacial score (nSPS) is 19.9. The summed E-state index contributed by atoms with van der Waals surface area (Å²) in [6.07, 6.45) is 2.19. The van der Waals surface area contributed by atoms with Gasteiger partial charge in [-0.15, -0.1) is 0 Å². The van der Waals surface area contributed by atoms with Crippen LogP contribution in [0.3, 0.4) is 0 Å². The summed E-state index contributed by atoms with van der Waals surface area (Å²) in [6.45, 7) is 1.49. The predicted octanol–water partition coefficient (Wildman–Crippen LogP) is 3.46. The zero-order valence-electron chi connectivity index (χ0n) is 10.2. The first-order valence-corrected chi connectivity index (χ1v) is 7.47. The highest BCUT2D eigenvalue weighted by Gasteiger charge is 2.25. The summed E-state index contributed by atoms with van der Waals surface area (Å²) in [5, 5.41) is 0. The van der Waals surface area contributed by atoms with Crippen LogP contribution in [0.4, 0.5) is 0 Å². The Morgan fingerprint density at radius 1 is 1.44 bits per heavy atom. The van der Waals surface area contributed by atoms with Crippen molar-refractivity contribution < 1.29 is 9.53 Å². The first kappa shape index (κ1) is 14.0. The van der Waals surface area contributed by atoms with Crippen molar-refractivity contribution in [1.82, 2.24) is 4.90 Å². The molecule has 1 heterocycles. The summed E-state index contributed by atoms with van der Waals surface area (Å²) in [4.78, 5) is 14.3. The lowest BCUT2D eigenvalue weighted by molar-refractivity contribution is 0.0268. The quantitative estimate of drug-likeness (QED) is 0.790. The van der Waals surface area contributed by atoms with Crippen LogP contribution >= 0.6 is 31.9 Å². The van der Waals surface area contributed by atoms with Crippen LogP contribution in [0.5, 0.6) is 0 Å². The van der Waals surface area contributed by atoms with Crippen molar-refractivity contribution in [2.75, 3.05) is 20.2 Å². The fourth-order valence-electron chi connectivity index (χ4n) is 2.15. The number of carbonyl (C=O) groups is 1. The summed E-state index contributed by atoms with van der Waals surface area (Å²) in [5.41, 5.74) is 0.704. The lowest BCUT2D eigenvalue weighted by Crippen LogP contribution is -2.43. The van der Waals surface area contributed by atoms with Crippen LogP contribution < -0.4 is 0 Å². The molecule has 2 rings (SSSR count). The van der Waals surface area contributed by atoms with Crippen molar-refractivity contribution in [3.63, 3.8) is 0 Å². The van der Waals surface area contributed by atoms with Gasteiger partial charge in [0.05, 0.1) is 11.7 Å². The van der Waals surface area contributed by atoms with Crippen molar-refractivity contribution >= 4 is 37.8 Å². The second-order valence-corrected chi connectivity index (χ2v) is 6.15. The maximum absolute atomic E-state index is 12.4. The van der Waals surface area contributed by atoms with Gasteiger partial charge >= 0.3 is 0 Å². The molecule has 1 saturated heterocycles. The van der Waals surface area contributed by atoms with Crippen LogP contribution in [0.2, 0.25) is 0 Å². The Balaban J connectivity index is 2.15. The van der Waals surface area contributed by atoms with E-state index in [9.17, 15) is 4.79 Å². The second kappa shape index (κ2) is 6.17. The van der Waals surface area contributed by atoms with Gasteiger partial charge in [-0.2, -0.15) is 0 Å². The minimum Gasteiger partial charge on any atom is -0.380 e. The van der Waals surface area contributed by atoms with Crippen molar-refractivity contribution in [1.29, 1.82) is 0 Å². The fraction of sp³-hybridized carbons (Fsp3) is 0.462. The Morgan fingerprint density at radius 2 is 2.22 bits per heavy atom. The smallest absolute Gasteiger partial charge is 0.255 e. The van der Waals surface area contributed by atoms with Crippen LogP contribution in [0.15, 0.2) is 27.1 Å². The van der Waals surface area contributed by atoms with Crippen LogP contribution in [-0.4, -0.2) is 37.1 Å². The Morgan fingerprint density at radius 3 is 2.89 bits per heavy atom. The van der Waals surface area contributed by atoms with E-state index in [1.807, 2.05) is 23.1 Å². The van der Waals surface area contributed by atoms with Gasteiger partial charge in [0.25, 0.3) is 5.91 Å². The maximum Gasteiger partial charge on any atom is 0.255 e. The molecule has 1 fully saturated rings. The van der Waals surface area contributed by atoms with Crippen molar-refractivity contribution in [3.8, 4) is 0 Å². The van der Waals surface area contributed by atoms with Crippen LogP contribution in [0.25, 0.3) is 0 Å². The Kier molecular flexibility index (Phi) is 4.81. The van der Waals surface area contributed by atoms with Gasteiger partial charge in [0.1, 0.15) is 0 Å². The molecule has 0 aliphatic carbocycles. The third-order valence-corrected chi connectivity index (χ3v) is 4.31. The number of piperidine rings is 1. The summed E-state index contributed by atoms with van der Waals surface area (Å²) in [6, 6.07) is 5.62. The van der Waals surface area contributed by atoms with E-state index in [0.29, 0.717) is 12.1 Å². The van der Waals surface area contributed by atoms with Gasteiger partial charge in [-0.3, -0.25) is 4.79 Å². The monoisotopic (exact) mass is 375 g/mol. The molecule has 98 valence electrons. The number of amides is 1. The van der Waals surface area contributed by atoms with Gasteiger partial charge < -0.3 is 9.64 Å². The van der Waals surface area contributed by atoms with E-state index in [1.165, 1.54) is 0 Å². The molecule has 0 N–H and O–H groups in total. The molecule has 18 heavy (non-hydrogen) atoms. The van der Waals surface area contributed by atoms with E-state index in [4.69, 9.17) is 4.74 Å².